The summed E-state index contributed by atoms with van der Waals surface area (Å²) in [6, 6.07) is 1.85. The van der Waals surface area contributed by atoms with E-state index in [0.717, 1.165) is 30.3 Å². The topological polar surface area (TPSA) is 46.2 Å². The molecule has 12 heavy (non-hydrogen) atoms. The number of nitrogens with zero attached hydrogens (tertiary/aromatic N) is 1. The standard InChI is InChI=1S/C8H11N3O/c1-12-6-2-3-10-8-7(6)9-4-5-11-8/h2-3,9H,4-5H2,1H3,(H,10,11). The molecule has 1 aromatic rings. The first-order valence-corrected chi connectivity index (χ1v) is 3.92. The summed E-state index contributed by atoms with van der Waals surface area (Å²) in [5, 5.41) is 6.42. The van der Waals surface area contributed by atoms with Crippen LogP contribution in [0.25, 0.3) is 0 Å². The van der Waals surface area contributed by atoms with Gasteiger partial charge in [-0.05, 0) is 0 Å². The highest BCUT2D eigenvalue weighted by molar-refractivity contribution is 5.73. The average molecular weight is 165 g/mol. The number of nitrogens with one attached hydrogen (secondary N) is 2. The predicted molar refractivity (Wildman–Crippen MR) is 47.8 cm³/mol. The van der Waals surface area contributed by atoms with Gasteiger partial charge in [0.25, 0.3) is 0 Å². The number of fused-ring (bicyclic) bond motifs is 1. The highest BCUT2D eigenvalue weighted by atomic mass is 16.5. The first-order chi connectivity index (χ1) is 5.92. The van der Waals surface area contributed by atoms with E-state index < -0.39 is 0 Å². The van der Waals surface area contributed by atoms with Gasteiger partial charge in [0.15, 0.2) is 5.82 Å². The van der Waals surface area contributed by atoms with Gasteiger partial charge in [0.05, 0.1) is 7.11 Å². The zero-order valence-electron chi connectivity index (χ0n) is 6.92. The van der Waals surface area contributed by atoms with Crippen LogP contribution in [-0.4, -0.2) is 25.2 Å². The Labute approximate surface area is 71.0 Å². The summed E-state index contributed by atoms with van der Waals surface area (Å²) in [6.45, 7) is 1.82. The minimum Gasteiger partial charge on any atom is -0.494 e. The van der Waals surface area contributed by atoms with Gasteiger partial charge in [0, 0.05) is 25.4 Å². The Morgan fingerprint density at radius 3 is 3.08 bits per heavy atom. The van der Waals surface area contributed by atoms with Crippen molar-refractivity contribution in [2.75, 3.05) is 30.8 Å². The highest BCUT2D eigenvalue weighted by Gasteiger charge is 2.12. The van der Waals surface area contributed by atoms with Gasteiger partial charge in [-0.15, -0.1) is 0 Å². The Bertz CT molecular complexity index is 273. The molecule has 0 saturated heterocycles. The molecule has 1 aromatic heterocycles. The number of ether oxygens (including phenoxy) is 1. The second-order valence-corrected chi connectivity index (χ2v) is 2.59. The molecule has 0 spiro atoms. The Morgan fingerprint density at radius 1 is 1.42 bits per heavy atom. The number of hydrogen-bond acceptors (Lipinski definition) is 4. The quantitative estimate of drug-likeness (QED) is 0.649. The molecule has 0 aromatic carbocycles. The fourth-order valence-corrected chi connectivity index (χ4v) is 1.29. The summed E-state index contributed by atoms with van der Waals surface area (Å²) in [4.78, 5) is 4.17. The van der Waals surface area contributed by atoms with E-state index in [4.69, 9.17) is 4.74 Å². The molecule has 0 fully saturated rings. The molecule has 1 aliphatic heterocycles. The van der Waals surface area contributed by atoms with Gasteiger partial charge in [0.1, 0.15) is 11.4 Å². The number of methoxy groups -OCH3 is 1. The minimum atomic E-state index is 0.840. The maximum atomic E-state index is 5.17. The molecule has 0 bridgehead atoms. The summed E-state index contributed by atoms with van der Waals surface area (Å²) in [6.07, 6.45) is 1.73. The lowest BCUT2D eigenvalue weighted by Crippen LogP contribution is -2.21. The molecule has 0 saturated carbocycles. The second-order valence-electron chi connectivity index (χ2n) is 2.59. The first kappa shape index (κ1) is 7.21. The Hall–Kier alpha value is -1.45. The first-order valence-electron chi connectivity index (χ1n) is 3.92. The molecule has 2 heterocycles. The van der Waals surface area contributed by atoms with Crippen LogP contribution in [-0.2, 0) is 0 Å². The summed E-state index contributed by atoms with van der Waals surface area (Å²) >= 11 is 0. The number of pyridine rings is 1. The largest absolute Gasteiger partial charge is 0.494 e. The van der Waals surface area contributed by atoms with E-state index in [0.29, 0.717) is 0 Å². The zero-order chi connectivity index (χ0) is 8.39. The van der Waals surface area contributed by atoms with Crippen molar-refractivity contribution in [2.45, 2.75) is 0 Å². The van der Waals surface area contributed by atoms with Crippen LogP contribution in [0, 0.1) is 0 Å². The van der Waals surface area contributed by atoms with E-state index >= 15 is 0 Å². The van der Waals surface area contributed by atoms with Gasteiger partial charge in [0.2, 0.25) is 0 Å². The van der Waals surface area contributed by atoms with E-state index in [1.165, 1.54) is 0 Å². The Balaban J connectivity index is 2.44. The molecule has 2 N–H and O–H groups in total. The Kier molecular flexibility index (Phi) is 1.74. The monoisotopic (exact) mass is 165 g/mol. The van der Waals surface area contributed by atoms with Gasteiger partial charge in [-0.3, -0.25) is 0 Å². The van der Waals surface area contributed by atoms with Crippen LogP contribution in [0.1, 0.15) is 0 Å². The molecule has 4 heteroatoms. The van der Waals surface area contributed by atoms with Crippen LogP contribution in [0.15, 0.2) is 12.3 Å². The van der Waals surface area contributed by atoms with Crippen molar-refractivity contribution in [1.29, 1.82) is 0 Å². The lowest BCUT2D eigenvalue weighted by Gasteiger charge is -2.20. The van der Waals surface area contributed by atoms with E-state index in [2.05, 4.69) is 15.6 Å². The molecule has 2 rings (SSSR count). The van der Waals surface area contributed by atoms with E-state index in [-0.39, 0.29) is 0 Å². The van der Waals surface area contributed by atoms with Gasteiger partial charge < -0.3 is 15.4 Å². The summed E-state index contributed by atoms with van der Waals surface area (Å²) < 4.78 is 5.17. The third kappa shape index (κ3) is 1.05. The fourth-order valence-electron chi connectivity index (χ4n) is 1.29. The van der Waals surface area contributed by atoms with Gasteiger partial charge in [-0.2, -0.15) is 0 Å². The van der Waals surface area contributed by atoms with Crippen molar-refractivity contribution in [3.8, 4) is 5.75 Å². The Morgan fingerprint density at radius 2 is 2.25 bits per heavy atom. The number of hydrogen-bond donors (Lipinski definition) is 2. The van der Waals surface area contributed by atoms with Gasteiger partial charge >= 0.3 is 0 Å². The molecule has 64 valence electrons. The van der Waals surface area contributed by atoms with Crippen molar-refractivity contribution in [3.05, 3.63) is 12.3 Å². The van der Waals surface area contributed by atoms with E-state index in [1.807, 2.05) is 6.07 Å². The number of anilines is 2. The summed E-state index contributed by atoms with van der Waals surface area (Å²) in [5.74, 6) is 1.72. The average Bonchev–Trinajstić information content (AvgIpc) is 2.17. The number of aromatic nitrogens is 1. The van der Waals surface area contributed by atoms with Crippen molar-refractivity contribution >= 4 is 11.5 Å². The maximum absolute atomic E-state index is 5.17. The number of rotatable bonds is 1. The molecule has 0 unspecified atom stereocenters. The molecule has 0 radical (unpaired) electrons. The van der Waals surface area contributed by atoms with E-state index in [1.54, 1.807) is 13.3 Å². The molecule has 0 aliphatic carbocycles. The smallest absolute Gasteiger partial charge is 0.153 e. The SMILES string of the molecule is COc1ccnc2c1NCCN2. The van der Waals surface area contributed by atoms with Crippen LogP contribution < -0.4 is 15.4 Å². The van der Waals surface area contributed by atoms with Gasteiger partial charge in [-0.25, -0.2) is 4.98 Å². The molecular formula is C8H11N3O. The van der Waals surface area contributed by atoms with Crippen molar-refractivity contribution < 1.29 is 4.74 Å². The molecule has 4 nitrogen and oxygen atoms in total. The third-order valence-electron chi connectivity index (χ3n) is 1.85. The lowest BCUT2D eigenvalue weighted by atomic mass is 10.3. The van der Waals surface area contributed by atoms with Crippen molar-refractivity contribution in [3.63, 3.8) is 0 Å². The molecule has 0 atom stereocenters. The molecule has 1 aliphatic rings. The highest BCUT2D eigenvalue weighted by Crippen LogP contribution is 2.31. The summed E-state index contributed by atoms with van der Waals surface area (Å²) in [7, 11) is 1.66. The molecular weight excluding hydrogens is 154 g/mol. The predicted octanol–water partition coefficient (Wildman–Crippen LogP) is 0.928. The van der Waals surface area contributed by atoms with Crippen LogP contribution >= 0.6 is 0 Å². The van der Waals surface area contributed by atoms with Crippen molar-refractivity contribution in [1.82, 2.24) is 4.98 Å². The lowest BCUT2D eigenvalue weighted by molar-refractivity contribution is 0.416. The van der Waals surface area contributed by atoms with Crippen LogP contribution in [0.3, 0.4) is 0 Å². The van der Waals surface area contributed by atoms with E-state index in [9.17, 15) is 0 Å². The van der Waals surface area contributed by atoms with Crippen LogP contribution in [0.2, 0.25) is 0 Å². The zero-order valence-corrected chi connectivity index (χ0v) is 6.92. The van der Waals surface area contributed by atoms with Gasteiger partial charge in [-0.1, -0.05) is 0 Å². The van der Waals surface area contributed by atoms with Crippen molar-refractivity contribution in [2.24, 2.45) is 0 Å². The normalized spacial score (nSPS) is 14.1. The second kappa shape index (κ2) is 2.89. The molecule has 0 amide bonds. The van der Waals surface area contributed by atoms with Crippen LogP contribution in [0.5, 0.6) is 5.75 Å². The third-order valence-corrected chi connectivity index (χ3v) is 1.85. The fraction of sp³-hybridized carbons (Fsp3) is 0.375. The van der Waals surface area contributed by atoms with Crippen LogP contribution in [0.4, 0.5) is 11.5 Å². The summed E-state index contributed by atoms with van der Waals surface area (Å²) in [5.41, 5.74) is 0.964. The minimum absolute atomic E-state index is 0.840. The maximum Gasteiger partial charge on any atom is 0.153 e.